The Morgan fingerprint density at radius 3 is 2.72 bits per heavy atom. The van der Waals surface area contributed by atoms with Crippen LogP contribution >= 0.6 is 11.3 Å². The Labute approximate surface area is 151 Å². The predicted molar refractivity (Wildman–Crippen MR) is 99.1 cm³/mol. The SMILES string of the molecule is COc1ccc(-c2[nH]ncc2CN(C)Cc2nc(C)cs2)c(OC)c1. The van der Waals surface area contributed by atoms with Crippen LogP contribution in [0.3, 0.4) is 0 Å². The minimum Gasteiger partial charge on any atom is -0.497 e. The van der Waals surface area contributed by atoms with Gasteiger partial charge in [0.05, 0.1) is 32.7 Å². The van der Waals surface area contributed by atoms with E-state index < -0.39 is 0 Å². The molecule has 132 valence electrons. The molecule has 7 heteroatoms. The number of benzene rings is 1. The normalized spacial score (nSPS) is 11.1. The van der Waals surface area contributed by atoms with Crippen LogP contribution in [0.4, 0.5) is 0 Å². The van der Waals surface area contributed by atoms with Gasteiger partial charge in [0, 0.05) is 34.8 Å². The molecule has 0 bridgehead atoms. The van der Waals surface area contributed by atoms with Gasteiger partial charge in [-0.25, -0.2) is 4.98 Å². The lowest BCUT2D eigenvalue weighted by atomic mass is 10.1. The van der Waals surface area contributed by atoms with Crippen molar-refractivity contribution in [2.45, 2.75) is 20.0 Å². The van der Waals surface area contributed by atoms with E-state index in [0.717, 1.165) is 52.1 Å². The summed E-state index contributed by atoms with van der Waals surface area (Å²) in [5.74, 6) is 1.51. The summed E-state index contributed by atoms with van der Waals surface area (Å²) in [4.78, 5) is 6.75. The summed E-state index contributed by atoms with van der Waals surface area (Å²) in [6, 6.07) is 5.78. The summed E-state index contributed by atoms with van der Waals surface area (Å²) in [6.07, 6.45) is 1.86. The number of H-pyrrole nitrogens is 1. The van der Waals surface area contributed by atoms with Crippen LogP contribution in [0.5, 0.6) is 11.5 Å². The molecule has 0 saturated heterocycles. The number of methoxy groups -OCH3 is 2. The molecular weight excluding hydrogens is 336 g/mol. The van der Waals surface area contributed by atoms with Gasteiger partial charge in [0.2, 0.25) is 0 Å². The van der Waals surface area contributed by atoms with Crippen LogP contribution in [0, 0.1) is 6.92 Å². The zero-order chi connectivity index (χ0) is 17.8. The minimum atomic E-state index is 0.753. The molecule has 25 heavy (non-hydrogen) atoms. The van der Waals surface area contributed by atoms with Crippen molar-refractivity contribution in [2.75, 3.05) is 21.3 Å². The molecule has 0 unspecified atom stereocenters. The highest BCUT2D eigenvalue weighted by Gasteiger charge is 2.15. The molecule has 0 atom stereocenters. The Morgan fingerprint density at radius 2 is 2.04 bits per heavy atom. The van der Waals surface area contributed by atoms with E-state index in [1.165, 1.54) is 0 Å². The lowest BCUT2D eigenvalue weighted by Gasteiger charge is -2.16. The standard InChI is InChI=1S/C18H22N4O2S/c1-12-11-25-17(20-12)10-22(2)9-13-8-19-21-18(13)15-6-5-14(23-3)7-16(15)24-4/h5-8,11H,9-10H2,1-4H3,(H,19,21). The molecule has 2 heterocycles. The lowest BCUT2D eigenvalue weighted by molar-refractivity contribution is 0.319. The van der Waals surface area contributed by atoms with Gasteiger partial charge in [0.15, 0.2) is 0 Å². The van der Waals surface area contributed by atoms with Crippen molar-refractivity contribution in [3.63, 3.8) is 0 Å². The van der Waals surface area contributed by atoms with Crippen LogP contribution in [-0.2, 0) is 13.1 Å². The van der Waals surface area contributed by atoms with E-state index in [0.29, 0.717) is 0 Å². The first-order valence-corrected chi connectivity index (χ1v) is 8.83. The van der Waals surface area contributed by atoms with Gasteiger partial charge in [0.1, 0.15) is 16.5 Å². The smallest absolute Gasteiger partial charge is 0.131 e. The number of ether oxygens (including phenoxy) is 2. The first kappa shape index (κ1) is 17.4. The maximum absolute atomic E-state index is 5.52. The van der Waals surface area contributed by atoms with Crippen molar-refractivity contribution in [1.82, 2.24) is 20.1 Å². The number of aryl methyl sites for hydroxylation is 1. The fourth-order valence-corrected chi connectivity index (χ4v) is 3.57. The van der Waals surface area contributed by atoms with Gasteiger partial charge in [-0.2, -0.15) is 5.10 Å². The predicted octanol–water partition coefficient (Wildman–Crippen LogP) is 3.49. The summed E-state index contributed by atoms with van der Waals surface area (Å²) in [5, 5.41) is 10.5. The van der Waals surface area contributed by atoms with Crippen LogP contribution in [0.2, 0.25) is 0 Å². The second-order valence-corrected chi connectivity index (χ2v) is 6.83. The Hall–Kier alpha value is -2.38. The Bertz CT molecular complexity index is 843. The van der Waals surface area contributed by atoms with E-state index in [2.05, 4.69) is 32.5 Å². The zero-order valence-electron chi connectivity index (χ0n) is 14.9. The second kappa shape index (κ2) is 7.67. The van der Waals surface area contributed by atoms with Crippen molar-refractivity contribution < 1.29 is 9.47 Å². The Kier molecular flexibility index (Phi) is 5.35. The molecule has 6 nitrogen and oxygen atoms in total. The highest BCUT2D eigenvalue weighted by atomic mass is 32.1. The van der Waals surface area contributed by atoms with Crippen molar-refractivity contribution in [2.24, 2.45) is 0 Å². The van der Waals surface area contributed by atoms with Gasteiger partial charge in [-0.15, -0.1) is 11.3 Å². The molecule has 2 aromatic heterocycles. The zero-order valence-corrected chi connectivity index (χ0v) is 15.7. The van der Waals surface area contributed by atoms with Crippen molar-refractivity contribution >= 4 is 11.3 Å². The third-order valence-electron chi connectivity index (χ3n) is 3.91. The number of nitrogens with zero attached hydrogens (tertiary/aromatic N) is 3. The largest absolute Gasteiger partial charge is 0.497 e. The fraction of sp³-hybridized carbons (Fsp3) is 0.333. The molecule has 0 amide bonds. The summed E-state index contributed by atoms with van der Waals surface area (Å²) >= 11 is 1.69. The van der Waals surface area contributed by atoms with Gasteiger partial charge in [0.25, 0.3) is 0 Å². The summed E-state index contributed by atoms with van der Waals surface area (Å²) < 4.78 is 10.8. The average Bonchev–Trinajstić information content (AvgIpc) is 3.23. The number of thiazole rings is 1. The molecule has 3 rings (SSSR count). The third-order valence-corrected chi connectivity index (χ3v) is 4.86. The molecular formula is C18H22N4O2S. The lowest BCUT2D eigenvalue weighted by Crippen LogP contribution is -2.17. The maximum Gasteiger partial charge on any atom is 0.131 e. The van der Waals surface area contributed by atoms with Crippen LogP contribution in [0.25, 0.3) is 11.3 Å². The minimum absolute atomic E-state index is 0.753. The number of aromatic amines is 1. The molecule has 0 aliphatic rings. The second-order valence-electron chi connectivity index (χ2n) is 5.89. The van der Waals surface area contributed by atoms with E-state index in [4.69, 9.17) is 9.47 Å². The van der Waals surface area contributed by atoms with Crippen LogP contribution in [0.15, 0.2) is 29.8 Å². The highest BCUT2D eigenvalue weighted by molar-refractivity contribution is 7.09. The van der Waals surface area contributed by atoms with Crippen LogP contribution in [0.1, 0.15) is 16.3 Å². The molecule has 3 aromatic rings. The number of nitrogens with one attached hydrogen (secondary N) is 1. The monoisotopic (exact) mass is 358 g/mol. The molecule has 0 spiro atoms. The van der Waals surface area contributed by atoms with Gasteiger partial charge in [-0.1, -0.05) is 0 Å². The summed E-state index contributed by atoms with van der Waals surface area (Å²) in [5.41, 5.74) is 4.11. The molecule has 0 aliphatic carbocycles. The van der Waals surface area contributed by atoms with E-state index in [9.17, 15) is 0 Å². The number of hydrogen-bond acceptors (Lipinski definition) is 6. The quantitative estimate of drug-likeness (QED) is 0.700. The Morgan fingerprint density at radius 1 is 1.20 bits per heavy atom. The van der Waals surface area contributed by atoms with Crippen molar-refractivity contribution in [3.05, 3.63) is 46.0 Å². The van der Waals surface area contributed by atoms with Gasteiger partial charge < -0.3 is 9.47 Å². The maximum atomic E-state index is 5.52. The third kappa shape index (κ3) is 4.00. The Balaban J connectivity index is 1.80. The van der Waals surface area contributed by atoms with E-state index in [1.807, 2.05) is 31.3 Å². The van der Waals surface area contributed by atoms with E-state index in [1.54, 1.807) is 25.6 Å². The topological polar surface area (TPSA) is 63.3 Å². The fourth-order valence-electron chi connectivity index (χ4n) is 2.72. The highest BCUT2D eigenvalue weighted by Crippen LogP contribution is 2.34. The first-order chi connectivity index (χ1) is 12.1. The van der Waals surface area contributed by atoms with Crippen LogP contribution in [-0.4, -0.2) is 41.3 Å². The van der Waals surface area contributed by atoms with E-state index in [-0.39, 0.29) is 0 Å². The molecule has 0 saturated carbocycles. The molecule has 0 radical (unpaired) electrons. The average molecular weight is 358 g/mol. The first-order valence-electron chi connectivity index (χ1n) is 7.95. The summed E-state index contributed by atoms with van der Waals surface area (Å²) in [7, 11) is 5.38. The molecule has 1 aromatic carbocycles. The molecule has 1 N–H and O–H groups in total. The summed E-state index contributed by atoms with van der Waals surface area (Å²) in [6.45, 7) is 3.59. The molecule has 0 aliphatic heterocycles. The number of aromatic nitrogens is 3. The van der Waals surface area contributed by atoms with E-state index >= 15 is 0 Å². The molecule has 0 fully saturated rings. The van der Waals surface area contributed by atoms with Crippen LogP contribution < -0.4 is 9.47 Å². The number of rotatable bonds is 7. The van der Waals surface area contributed by atoms with Crippen molar-refractivity contribution in [1.29, 1.82) is 0 Å². The van der Waals surface area contributed by atoms with Crippen molar-refractivity contribution in [3.8, 4) is 22.8 Å². The van der Waals surface area contributed by atoms with Gasteiger partial charge in [-0.3, -0.25) is 10.00 Å². The number of hydrogen-bond donors (Lipinski definition) is 1. The van der Waals surface area contributed by atoms with Gasteiger partial charge >= 0.3 is 0 Å². The van der Waals surface area contributed by atoms with Gasteiger partial charge in [-0.05, 0) is 26.1 Å².